The number of fused-ring (bicyclic) bond motifs is 4. The molecule has 4 aromatic carbocycles. The molecule has 4 heterocycles. The molecule has 5 nitrogen and oxygen atoms in total. The van der Waals surface area contributed by atoms with E-state index in [-0.39, 0.29) is 25.5 Å². The topological polar surface area (TPSA) is 56.7 Å². The molecule has 0 bridgehead atoms. The number of imidazole rings is 1. The van der Waals surface area contributed by atoms with Gasteiger partial charge in [-0.1, -0.05) is 87.8 Å². The summed E-state index contributed by atoms with van der Waals surface area (Å²) in [5.74, 6) is 0.315. The predicted octanol–water partition coefficient (Wildman–Crippen LogP) is 10.3. The number of rotatable bonds is 4. The van der Waals surface area contributed by atoms with Crippen LogP contribution in [0.3, 0.4) is 0 Å². The van der Waals surface area contributed by atoms with Crippen LogP contribution in [0.5, 0.6) is 0 Å². The Balaban J connectivity index is 0.000000215. The van der Waals surface area contributed by atoms with E-state index in [4.69, 9.17) is 9.40 Å². The molecule has 0 saturated heterocycles. The van der Waals surface area contributed by atoms with Crippen molar-refractivity contribution in [2.75, 3.05) is 0 Å². The van der Waals surface area contributed by atoms with Crippen molar-refractivity contribution in [1.29, 1.82) is 0 Å². The van der Waals surface area contributed by atoms with Gasteiger partial charge in [0.15, 0.2) is 0 Å². The van der Waals surface area contributed by atoms with E-state index in [2.05, 4.69) is 110 Å². The van der Waals surface area contributed by atoms with E-state index < -0.39 is 13.9 Å². The molecule has 0 spiro atoms. The Labute approximate surface area is 306 Å². The number of para-hydroxylation sites is 2. The Morgan fingerprint density at radius 3 is 2.22 bits per heavy atom. The summed E-state index contributed by atoms with van der Waals surface area (Å²) in [6.45, 7) is 13.6. The number of pyridine rings is 2. The average Bonchev–Trinajstić information content (AvgIpc) is 3.67. The Kier molecular flexibility index (Phi) is 9.73. The molecule has 0 unspecified atom stereocenters. The second-order valence-electron chi connectivity index (χ2n) is 14.2. The van der Waals surface area contributed by atoms with E-state index in [1.807, 2.05) is 60.8 Å². The van der Waals surface area contributed by atoms with E-state index in [9.17, 15) is 4.39 Å². The predicted molar refractivity (Wildman–Crippen MR) is 201 cm³/mol. The molecule has 0 fully saturated rings. The summed E-state index contributed by atoms with van der Waals surface area (Å²) in [4.78, 5) is 13.6. The van der Waals surface area contributed by atoms with Crippen LogP contribution in [0, 0.1) is 17.9 Å². The summed E-state index contributed by atoms with van der Waals surface area (Å²) in [5.41, 5.74) is 7.94. The first kappa shape index (κ1) is 35.1. The number of hydrogen-bond acceptors (Lipinski definition) is 4. The summed E-state index contributed by atoms with van der Waals surface area (Å²) < 4.78 is 22.1. The quantitative estimate of drug-likeness (QED) is 0.131. The Morgan fingerprint density at radius 2 is 1.54 bits per heavy atom. The maximum atomic E-state index is 13.9. The average molecular weight is 853 g/mol. The number of benzene rings is 4. The van der Waals surface area contributed by atoms with E-state index in [0.29, 0.717) is 28.1 Å². The van der Waals surface area contributed by atoms with Gasteiger partial charge < -0.3 is 14.0 Å². The van der Waals surface area contributed by atoms with Gasteiger partial charge >= 0.3 is 0 Å². The molecule has 253 valence electrons. The third-order valence-corrected chi connectivity index (χ3v) is 10.7. The molecule has 1 radical (unpaired) electrons. The first-order valence-corrected chi connectivity index (χ1v) is 19.9. The van der Waals surface area contributed by atoms with E-state index >= 15 is 0 Å². The smallest absolute Gasteiger partial charge is 0.216 e. The minimum absolute atomic E-state index is 0. The van der Waals surface area contributed by atoms with Gasteiger partial charge in [0.25, 0.3) is 0 Å². The van der Waals surface area contributed by atoms with Crippen molar-refractivity contribution < 1.29 is 28.9 Å². The Hall–Kier alpha value is -4.75. The standard InChI is InChI=1S/C28H21FN3O.C14H16NSi.Ir/c1-28(2,3)17-11-13-19(14-12-17)32-24-10-5-4-9-23(24)31-26(32)21-8-6-7-20-22-15-18(29)16-30-27(22)33-25(20)21;1-16(2,3)13-9-10-14(15-11-13)12-7-5-4-6-8-12;/h4-7,9-16H,1-3H3;4-7,9-11H,1-3H3;/q2*-1;. The van der Waals surface area contributed by atoms with Crippen molar-refractivity contribution in [3.63, 3.8) is 0 Å². The summed E-state index contributed by atoms with van der Waals surface area (Å²) in [5, 5.41) is 2.82. The van der Waals surface area contributed by atoms with Crippen LogP contribution < -0.4 is 5.19 Å². The molecule has 8 rings (SSSR count). The monoisotopic (exact) mass is 853 g/mol. The summed E-state index contributed by atoms with van der Waals surface area (Å²) in [6.07, 6.45) is 3.18. The fourth-order valence-corrected chi connectivity index (χ4v) is 6.92. The van der Waals surface area contributed by atoms with Gasteiger partial charge in [0, 0.05) is 37.4 Å². The zero-order valence-corrected chi connectivity index (χ0v) is 32.3. The Morgan fingerprint density at radius 1 is 0.780 bits per heavy atom. The second-order valence-corrected chi connectivity index (χ2v) is 19.3. The largest absolute Gasteiger partial charge is 0.486 e. The van der Waals surface area contributed by atoms with Gasteiger partial charge in [-0.25, -0.2) is 9.37 Å². The first-order chi connectivity index (χ1) is 23.5. The molecule has 0 atom stereocenters. The number of furan rings is 1. The second kappa shape index (κ2) is 13.9. The molecule has 0 aliphatic rings. The van der Waals surface area contributed by atoms with E-state index in [1.165, 1.54) is 23.0 Å². The molecule has 0 aliphatic carbocycles. The third-order valence-electron chi connectivity index (χ3n) is 8.65. The van der Waals surface area contributed by atoms with E-state index in [1.54, 1.807) is 0 Å². The van der Waals surface area contributed by atoms with Gasteiger partial charge in [-0.3, -0.25) is 4.98 Å². The van der Waals surface area contributed by atoms with Gasteiger partial charge in [0.2, 0.25) is 5.71 Å². The fourth-order valence-electron chi connectivity index (χ4n) is 5.88. The SMILES string of the molecule is CC(C)(C)c1ccc(-n2c(-c3[c-]ccc4c3oc3ncc(F)cc34)nc3ccccc32)cc1.C[Si](C)(C)c1ccc(-c2[c-]cccc2)nc1.[Ir]. The molecule has 4 aromatic heterocycles. The van der Waals surface area contributed by atoms with Crippen molar-refractivity contribution in [2.24, 2.45) is 0 Å². The van der Waals surface area contributed by atoms with E-state index in [0.717, 1.165) is 33.4 Å². The number of hydrogen-bond donors (Lipinski definition) is 0. The van der Waals surface area contributed by atoms with Gasteiger partial charge in [-0.15, -0.1) is 54.1 Å². The molecular formula is C42H37FIrN4OSi-2. The molecule has 0 N–H and O–H groups in total. The van der Waals surface area contributed by atoms with Crippen LogP contribution in [0.25, 0.3) is 61.4 Å². The van der Waals surface area contributed by atoms with Crippen LogP contribution in [-0.2, 0) is 25.5 Å². The van der Waals surface area contributed by atoms with Crippen molar-refractivity contribution in [2.45, 2.75) is 45.8 Å². The molecule has 0 aliphatic heterocycles. The number of halogens is 1. The van der Waals surface area contributed by atoms with Crippen molar-refractivity contribution >= 4 is 46.4 Å². The molecule has 50 heavy (non-hydrogen) atoms. The molecule has 0 amide bonds. The van der Waals surface area contributed by atoms with Crippen LogP contribution >= 0.6 is 0 Å². The number of nitrogens with zero attached hydrogens (tertiary/aromatic N) is 4. The Bertz CT molecular complexity index is 2410. The number of aromatic nitrogens is 4. The fraction of sp³-hybridized carbons (Fsp3) is 0.167. The van der Waals surface area contributed by atoms with Crippen LogP contribution in [0.15, 0.2) is 120 Å². The zero-order chi connectivity index (χ0) is 34.3. The molecule has 8 aromatic rings. The van der Waals surface area contributed by atoms with Crippen molar-refractivity contribution in [3.05, 3.63) is 139 Å². The first-order valence-electron chi connectivity index (χ1n) is 16.4. The van der Waals surface area contributed by atoms with Crippen molar-refractivity contribution in [3.8, 4) is 28.3 Å². The van der Waals surface area contributed by atoms with Crippen LogP contribution in [0.2, 0.25) is 19.6 Å². The maximum Gasteiger partial charge on any atom is 0.216 e. The maximum absolute atomic E-state index is 13.9. The molecule has 8 heteroatoms. The van der Waals surface area contributed by atoms with Crippen molar-refractivity contribution in [1.82, 2.24) is 19.5 Å². The van der Waals surface area contributed by atoms with Gasteiger partial charge in [-0.2, -0.15) is 0 Å². The normalized spacial score (nSPS) is 11.7. The molecular weight excluding hydrogens is 816 g/mol. The van der Waals surface area contributed by atoms with Gasteiger partial charge in [0.05, 0.1) is 36.7 Å². The summed E-state index contributed by atoms with van der Waals surface area (Å²) >= 11 is 0. The third kappa shape index (κ3) is 6.97. The van der Waals surface area contributed by atoms with Crippen LogP contribution in [0.4, 0.5) is 4.39 Å². The van der Waals surface area contributed by atoms with Crippen LogP contribution in [-0.4, -0.2) is 27.6 Å². The van der Waals surface area contributed by atoms with Crippen LogP contribution in [0.1, 0.15) is 26.3 Å². The molecule has 0 saturated carbocycles. The minimum Gasteiger partial charge on any atom is -0.486 e. The minimum atomic E-state index is -1.23. The summed E-state index contributed by atoms with van der Waals surface area (Å²) in [7, 11) is -1.23. The zero-order valence-electron chi connectivity index (χ0n) is 28.9. The summed E-state index contributed by atoms with van der Waals surface area (Å²) in [6, 6.07) is 40.5. The van der Waals surface area contributed by atoms with Gasteiger partial charge in [-0.05, 0) is 52.2 Å². The van der Waals surface area contributed by atoms with Gasteiger partial charge in [0.1, 0.15) is 5.82 Å².